The van der Waals surface area contributed by atoms with Gasteiger partial charge >= 0.3 is 28.4 Å². The molecule has 0 radical (unpaired) electrons. The first-order chi connectivity index (χ1) is 7.97. The van der Waals surface area contributed by atoms with E-state index in [4.69, 9.17) is 0 Å². The zero-order valence-electron chi connectivity index (χ0n) is 10.8. The average molecular weight is 374 g/mol. The Hall–Kier alpha value is -0.557. The van der Waals surface area contributed by atoms with Crippen LogP contribution in [0.15, 0.2) is 60.8 Å². The molecule has 1 heterocycles. The summed E-state index contributed by atoms with van der Waals surface area (Å²) in [6.45, 7) is 0. The second-order valence-electron chi connectivity index (χ2n) is 2.97. The number of H-pyrrole nitrogens is 1. The van der Waals surface area contributed by atoms with Crippen molar-refractivity contribution in [3.05, 3.63) is 74.4 Å². The van der Waals surface area contributed by atoms with Gasteiger partial charge in [-0.1, -0.05) is 6.07 Å². The van der Waals surface area contributed by atoms with Crippen LogP contribution in [0.2, 0.25) is 0 Å². The number of hydrogen-bond donors (Lipinski definition) is 1. The number of nitrogens with one attached hydrogen (secondary N) is 1. The van der Waals surface area contributed by atoms with E-state index in [9.17, 15) is 0 Å². The summed E-state index contributed by atoms with van der Waals surface area (Å²) >= 11 is 1.30. The Labute approximate surface area is 142 Å². The van der Waals surface area contributed by atoms with Crippen LogP contribution in [0.5, 0.6) is 0 Å². The van der Waals surface area contributed by atoms with Crippen molar-refractivity contribution in [1.82, 2.24) is 4.98 Å². The minimum absolute atomic E-state index is 0. The summed E-state index contributed by atoms with van der Waals surface area (Å²) in [7, 11) is 0. The molecule has 0 aliphatic carbocycles. The van der Waals surface area contributed by atoms with Gasteiger partial charge in [-0.2, -0.15) is 35.8 Å². The largest absolute Gasteiger partial charge is 0.484 e. The van der Waals surface area contributed by atoms with Crippen LogP contribution in [0.1, 0.15) is 0 Å². The molecule has 3 aromatic rings. The van der Waals surface area contributed by atoms with Crippen molar-refractivity contribution in [2.24, 2.45) is 0 Å². The van der Waals surface area contributed by atoms with Crippen molar-refractivity contribution in [3.63, 3.8) is 0 Å². The Morgan fingerprint density at radius 3 is 2.21 bits per heavy atom. The van der Waals surface area contributed by atoms with E-state index in [0.29, 0.717) is 0 Å². The molecule has 2 aromatic carbocycles. The van der Waals surface area contributed by atoms with Crippen LogP contribution >= 0.6 is 24.8 Å². The number of rotatable bonds is 0. The predicted molar refractivity (Wildman–Crippen MR) is 87.2 cm³/mol. The van der Waals surface area contributed by atoms with Crippen molar-refractivity contribution in [1.29, 1.82) is 0 Å². The zero-order valence-corrected chi connectivity index (χ0v) is 14.9. The molecule has 0 aliphatic rings. The first-order valence-corrected chi connectivity index (χ1v) is 6.66. The summed E-state index contributed by atoms with van der Waals surface area (Å²) in [5.41, 5.74) is 0. The normalized spacial score (nSPS) is 7.11. The molecule has 0 amide bonds. The first kappa shape index (κ1) is 23.5. The van der Waals surface area contributed by atoms with Gasteiger partial charge in [0.1, 0.15) is 0 Å². The molecule has 1 N–H and O–H groups in total. The fourth-order valence-corrected chi connectivity index (χ4v) is 1.31. The molecule has 0 unspecified atom stereocenters. The summed E-state index contributed by atoms with van der Waals surface area (Å²) in [5, 5.41) is 2.66. The van der Waals surface area contributed by atoms with Crippen molar-refractivity contribution >= 4 is 39.8 Å². The maximum atomic E-state index is 3.34. The van der Waals surface area contributed by atoms with Gasteiger partial charge in [0.05, 0.1) is 0 Å². The van der Waals surface area contributed by atoms with E-state index < -0.39 is 0 Å². The molecule has 3 rings (SSSR count). The van der Waals surface area contributed by atoms with Crippen LogP contribution in [0.4, 0.5) is 0 Å². The summed E-state index contributed by atoms with van der Waals surface area (Å²) in [6.07, 6.45) is 4.56. The second kappa shape index (κ2) is 15.5. The quantitative estimate of drug-likeness (QED) is 0.552. The Balaban J connectivity index is -0.000000227. The Kier molecular flexibility index (Phi) is 19.2. The number of aromatic amines is 1. The van der Waals surface area contributed by atoms with Gasteiger partial charge in [-0.25, -0.2) is 0 Å². The molecule has 0 bridgehead atoms. The topological polar surface area (TPSA) is 15.8 Å². The number of fused-ring (bicyclic) bond motifs is 1. The van der Waals surface area contributed by atoms with Gasteiger partial charge in [-0.15, -0.1) is 60.7 Å². The van der Waals surface area contributed by atoms with Gasteiger partial charge in [0.2, 0.25) is 0 Å². The SMILES string of the molecule is Cl.Cl.[CH2]=[Zr].[CH3-].[c-]1ccc[nH]1.c1ccc2[cH-]ccc2c1. The summed E-state index contributed by atoms with van der Waals surface area (Å²) in [6, 6.07) is 18.4. The van der Waals surface area contributed by atoms with Crippen LogP contribution in [0, 0.1) is 13.6 Å². The summed E-state index contributed by atoms with van der Waals surface area (Å²) in [5.74, 6) is 0. The van der Waals surface area contributed by atoms with Crippen molar-refractivity contribution in [2.45, 2.75) is 0 Å². The molecular weight excluding hydrogens is 356 g/mol. The van der Waals surface area contributed by atoms with Crippen LogP contribution in [-0.4, -0.2) is 9.20 Å². The van der Waals surface area contributed by atoms with Gasteiger partial charge in [0.15, 0.2) is 0 Å². The molecule has 0 spiro atoms. The minimum atomic E-state index is 0. The molecule has 0 fully saturated rings. The fourth-order valence-electron chi connectivity index (χ4n) is 1.31. The third kappa shape index (κ3) is 9.05. The molecule has 0 saturated heterocycles. The van der Waals surface area contributed by atoms with E-state index in [2.05, 4.69) is 57.9 Å². The van der Waals surface area contributed by atoms with Gasteiger partial charge in [-0.05, 0) is 0 Å². The van der Waals surface area contributed by atoms with E-state index in [-0.39, 0.29) is 32.2 Å². The molecule has 1 nitrogen and oxygen atoms in total. The number of halogens is 2. The molecule has 104 valence electrons. The number of aromatic nitrogens is 1. The second-order valence-corrected chi connectivity index (χ2v) is 2.97. The standard InChI is InChI=1S/C9H7.C4H4N.CH3.CH2.2ClH.Zr/c1-2-5-9-7-3-6-8(9)4-1;1-2-4-5-3-1;;;;;/h1-7H;1-3,5H;1H3;1H2;2*1H;/q3*-1;;;;. The molecule has 4 heteroatoms. The van der Waals surface area contributed by atoms with Gasteiger partial charge in [-0.3, -0.25) is 0 Å². The van der Waals surface area contributed by atoms with Crippen LogP contribution < -0.4 is 0 Å². The summed E-state index contributed by atoms with van der Waals surface area (Å²) < 4.78 is 3.34. The minimum Gasteiger partial charge on any atom is -0.484 e. The smallest absolute Gasteiger partial charge is 0.0809 e. The van der Waals surface area contributed by atoms with E-state index >= 15 is 0 Å². The van der Waals surface area contributed by atoms with E-state index in [1.165, 1.54) is 35.0 Å². The van der Waals surface area contributed by atoms with Crippen molar-refractivity contribution in [3.8, 4) is 0 Å². The van der Waals surface area contributed by atoms with E-state index in [1.54, 1.807) is 0 Å². The maximum absolute atomic E-state index is 3.34. The van der Waals surface area contributed by atoms with Crippen LogP contribution in [0.25, 0.3) is 10.8 Å². The van der Waals surface area contributed by atoms with Crippen LogP contribution in [0.3, 0.4) is 0 Å². The molecule has 19 heavy (non-hydrogen) atoms. The number of benzene rings is 1. The Morgan fingerprint density at radius 2 is 1.74 bits per heavy atom. The first-order valence-electron chi connectivity index (χ1n) is 4.92. The van der Waals surface area contributed by atoms with E-state index in [0.717, 1.165) is 0 Å². The maximum Gasteiger partial charge on any atom is -0.0809 e. The summed E-state index contributed by atoms with van der Waals surface area (Å²) in [4.78, 5) is 2.74. The van der Waals surface area contributed by atoms with Crippen molar-refractivity contribution in [2.75, 3.05) is 0 Å². The molecule has 0 atom stereocenters. The predicted octanol–water partition coefficient (Wildman–Crippen LogP) is 4.63. The molecule has 0 saturated carbocycles. The van der Waals surface area contributed by atoms with Gasteiger partial charge in [0, 0.05) is 0 Å². The fraction of sp³-hybridized carbons (Fsp3) is 0. The van der Waals surface area contributed by atoms with Crippen molar-refractivity contribution < 1.29 is 24.2 Å². The molecule has 1 aromatic heterocycles. The van der Waals surface area contributed by atoms with E-state index in [1.807, 2.05) is 18.3 Å². The third-order valence-electron chi connectivity index (χ3n) is 1.99. The molecular formula is C15H18Cl2NZr-3. The average Bonchev–Trinajstić information content (AvgIpc) is 3.06. The van der Waals surface area contributed by atoms with Gasteiger partial charge in [0.25, 0.3) is 0 Å². The van der Waals surface area contributed by atoms with Gasteiger partial charge < -0.3 is 12.4 Å². The zero-order chi connectivity index (χ0) is 11.6. The molecule has 0 aliphatic heterocycles. The Bertz CT molecular complexity index is 444. The van der Waals surface area contributed by atoms with Crippen LogP contribution in [-0.2, 0) is 24.2 Å². The third-order valence-corrected chi connectivity index (χ3v) is 1.99. The Morgan fingerprint density at radius 1 is 1.05 bits per heavy atom. The monoisotopic (exact) mass is 372 g/mol. The number of hydrogen-bond acceptors (Lipinski definition) is 0.